The van der Waals surface area contributed by atoms with E-state index in [2.05, 4.69) is 9.71 Å². The van der Waals surface area contributed by atoms with Crippen molar-refractivity contribution in [2.75, 3.05) is 10.5 Å². The molecule has 1 aromatic carbocycles. The van der Waals surface area contributed by atoms with E-state index in [9.17, 15) is 8.42 Å². The number of hydrogen-bond donors (Lipinski definition) is 2. The highest BCUT2D eigenvalue weighted by atomic mass is 32.2. The normalized spacial score (nSPS) is 11.4. The first-order valence-electron chi connectivity index (χ1n) is 6.55. The van der Waals surface area contributed by atoms with Crippen LogP contribution in [0.25, 0.3) is 0 Å². The molecule has 2 rings (SSSR count). The number of sulfonamides is 1. The smallest absolute Gasteiger partial charge is 0.262 e. The largest absolute Gasteiger partial charge is 0.398 e. The molecule has 0 aliphatic rings. The van der Waals surface area contributed by atoms with Crippen molar-refractivity contribution in [3.63, 3.8) is 0 Å². The number of rotatable bonds is 3. The SMILES string of the molecule is Cc1ccc(NS(=O)(=O)c2c(C)ccc(N)c2C)c(C)n1. The average Bonchev–Trinajstić information content (AvgIpc) is 2.37. The lowest BCUT2D eigenvalue weighted by atomic mass is 10.1. The first-order valence-corrected chi connectivity index (χ1v) is 8.03. The Morgan fingerprint density at radius 3 is 2.33 bits per heavy atom. The van der Waals surface area contributed by atoms with E-state index in [0.717, 1.165) is 5.69 Å². The van der Waals surface area contributed by atoms with Gasteiger partial charge in [0.1, 0.15) is 0 Å². The molecule has 0 aliphatic carbocycles. The molecule has 0 saturated carbocycles. The third-order valence-corrected chi connectivity index (χ3v) is 5.04. The van der Waals surface area contributed by atoms with Crippen LogP contribution < -0.4 is 10.5 Å². The van der Waals surface area contributed by atoms with Crippen LogP contribution in [-0.4, -0.2) is 13.4 Å². The van der Waals surface area contributed by atoms with Gasteiger partial charge in [-0.05, 0) is 57.0 Å². The Labute approximate surface area is 125 Å². The highest BCUT2D eigenvalue weighted by Gasteiger charge is 2.21. The monoisotopic (exact) mass is 305 g/mol. The van der Waals surface area contributed by atoms with Gasteiger partial charge >= 0.3 is 0 Å². The lowest BCUT2D eigenvalue weighted by Gasteiger charge is -2.15. The van der Waals surface area contributed by atoms with E-state index in [4.69, 9.17) is 5.73 Å². The third-order valence-electron chi connectivity index (χ3n) is 3.38. The van der Waals surface area contributed by atoms with Gasteiger partial charge in [0.15, 0.2) is 0 Å². The maximum atomic E-state index is 12.6. The summed E-state index contributed by atoms with van der Waals surface area (Å²) in [5.41, 5.74) is 9.45. The molecule has 0 aliphatic heterocycles. The number of nitrogens with zero attached hydrogens (tertiary/aromatic N) is 1. The maximum Gasteiger partial charge on any atom is 0.262 e. The molecule has 0 unspecified atom stereocenters. The molecule has 0 fully saturated rings. The quantitative estimate of drug-likeness (QED) is 0.854. The van der Waals surface area contributed by atoms with Crippen LogP contribution in [0.3, 0.4) is 0 Å². The van der Waals surface area contributed by atoms with E-state index < -0.39 is 10.0 Å². The van der Waals surface area contributed by atoms with Crippen LogP contribution in [0.2, 0.25) is 0 Å². The zero-order valence-corrected chi connectivity index (χ0v) is 13.4. The Morgan fingerprint density at radius 1 is 1.05 bits per heavy atom. The summed E-state index contributed by atoms with van der Waals surface area (Å²) in [6.45, 7) is 7.08. The molecule has 0 bridgehead atoms. The Kier molecular flexibility index (Phi) is 3.91. The predicted molar refractivity (Wildman–Crippen MR) is 84.8 cm³/mol. The number of nitrogens with two attached hydrogens (primary N) is 1. The number of benzene rings is 1. The van der Waals surface area contributed by atoms with Gasteiger partial charge < -0.3 is 5.73 Å². The van der Waals surface area contributed by atoms with E-state index in [1.54, 1.807) is 45.0 Å². The minimum Gasteiger partial charge on any atom is -0.398 e. The minimum atomic E-state index is -3.70. The molecule has 1 heterocycles. The van der Waals surface area contributed by atoms with Crippen LogP contribution in [0.4, 0.5) is 11.4 Å². The van der Waals surface area contributed by atoms with Crippen molar-refractivity contribution >= 4 is 21.4 Å². The van der Waals surface area contributed by atoms with Gasteiger partial charge in [0.25, 0.3) is 10.0 Å². The number of anilines is 2. The van der Waals surface area contributed by atoms with Crippen LogP contribution in [0.5, 0.6) is 0 Å². The van der Waals surface area contributed by atoms with Crippen molar-refractivity contribution in [2.45, 2.75) is 32.6 Å². The van der Waals surface area contributed by atoms with Gasteiger partial charge in [-0.1, -0.05) is 6.07 Å². The first kappa shape index (κ1) is 15.3. The van der Waals surface area contributed by atoms with Crippen molar-refractivity contribution in [1.29, 1.82) is 0 Å². The minimum absolute atomic E-state index is 0.225. The number of hydrogen-bond acceptors (Lipinski definition) is 4. The lowest BCUT2D eigenvalue weighted by molar-refractivity contribution is 0.600. The summed E-state index contributed by atoms with van der Waals surface area (Å²) >= 11 is 0. The standard InChI is InChI=1S/C15H19N3O2S/c1-9-5-7-13(16)11(3)15(9)21(19,20)18-14-8-6-10(2)17-12(14)4/h5-8,18H,16H2,1-4H3. The molecule has 0 amide bonds. The zero-order chi connectivity index (χ0) is 15.8. The van der Waals surface area contributed by atoms with Gasteiger partial charge in [-0.25, -0.2) is 8.42 Å². The molecule has 21 heavy (non-hydrogen) atoms. The van der Waals surface area contributed by atoms with Crippen molar-refractivity contribution in [2.24, 2.45) is 0 Å². The molecule has 5 nitrogen and oxygen atoms in total. The third kappa shape index (κ3) is 3.00. The topological polar surface area (TPSA) is 85.1 Å². The molecule has 112 valence electrons. The molecule has 0 radical (unpaired) electrons. The fourth-order valence-electron chi connectivity index (χ4n) is 2.25. The molecular formula is C15H19N3O2S. The Morgan fingerprint density at radius 2 is 1.71 bits per heavy atom. The maximum absolute atomic E-state index is 12.6. The van der Waals surface area contributed by atoms with Crippen molar-refractivity contribution in [1.82, 2.24) is 4.98 Å². The van der Waals surface area contributed by atoms with Crippen molar-refractivity contribution in [3.8, 4) is 0 Å². The van der Waals surface area contributed by atoms with Crippen LogP contribution in [0, 0.1) is 27.7 Å². The van der Waals surface area contributed by atoms with E-state index in [-0.39, 0.29) is 4.90 Å². The van der Waals surface area contributed by atoms with Crippen LogP contribution in [0.15, 0.2) is 29.2 Å². The Bertz CT molecular complexity index is 799. The molecule has 1 aromatic heterocycles. The summed E-state index contributed by atoms with van der Waals surface area (Å²) in [5.74, 6) is 0. The van der Waals surface area contributed by atoms with Gasteiger partial charge in [0.05, 0.1) is 16.3 Å². The molecule has 3 N–H and O–H groups in total. The average molecular weight is 305 g/mol. The fourth-order valence-corrected chi connectivity index (χ4v) is 3.87. The van der Waals surface area contributed by atoms with E-state index >= 15 is 0 Å². The van der Waals surface area contributed by atoms with Gasteiger partial charge in [-0.2, -0.15) is 0 Å². The first-order chi connectivity index (χ1) is 9.72. The van der Waals surface area contributed by atoms with Crippen LogP contribution in [-0.2, 0) is 10.0 Å². The Balaban J connectivity index is 2.51. The second-order valence-corrected chi connectivity index (χ2v) is 6.74. The molecule has 0 spiro atoms. The molecule has 2 aromatic rings. The molecule has 0 atom stereocenters. The number of nitrogen functional groups attached to an aromatic ring is 1. The molecule has 6 heteroatoms. The van der Waals surface area contributed by atoms with Crippen LogP contribution in [0.1, 0.15) is 22.5 Å². The summed E-state index contributed by atoms with van der Waals surface area (Å²) in [6, 6.07) is 6.90. The van der Waals surface area contributed by atoms with Gasteiger partial charge in [0, 0.05) is 11.4 Å². The second-order valence-electron chi connectivity index (χ2n) is 5.12. The van der Waals surface area contributed by atoms with E-state index in [1.807, 2.05) is 6.92 Å². The lowest BCUT2D eigenvalue weighted by Crippen LogP contribution is -2.17. The van der Waals surface area contributed by atoms with Crippen molar-refractivity contribution < 1.29 is 8.42 Å². The molecule has 0 saturated heterocycles. The summed E-state index contributed by atoms with van der Waals surface area (Å²) in [4.78, 5) is 4.49. The summed E-state index contributed by atoms with van der Waals surface area (Å²) in [6.07, 6.45) is 0. The summed E-state index contributed by atoms with van der Waals surface area (Å²) in [5, 5.41) is 0. The predicted octanol–water partition coefficient (Wildman–Crippen LogP) is 2.70. The number of aryl methyl sites for hydroxylation is 3. The van der Waals surface area contributed by atoms with E-state index in [0.29, 0.717) is 28.2 Å². The number of pyridine rings is 1. The van der Waals surface area contributed by atoms with Gasteiger partial charge in [-0.3, -0.25) is 9.71 Å². The van der Waals surface area contributed by atoms with Gasteiger partial charge in [0.2, 0.25) is 0 Å². The number of aromatic nitrogens is 1. The fraction of sp³-hybridized carbons (Fsp3) is 0.267. The number of nitrogens with one attached hydrogen (secondary N) is 1. The molecular weight excluding hydrogens is 286 g/mol. The summed E-state index contributed by atoms with van der Waals surface area (Å²) in [7, 11) is -3.70. The van der Waals surface area contributed by atoms with E-state index in [1.165, 1.54) is 0 Å². The highest BCUT2D eigenvalue weighted by Crippen LogP contribution is 2.27. The Hall–Kier alpha value is -2.08. The van der Waals surface area contributed by atoms with Gasteiger partial charge in [-0.15, -0.1) is 0 Å². The van der Waals surface area contributed by atoms with Crippen LogP contribution >= 0.6 is 0 Å². The zero-order valence-electron chi connectivity index (χ0n) is 12.6. The highest BCUT2D eigenvalue weighted by molar-refractivity contribution is 7.92. The van der Waals surface area contributed by atoms with Crippen molar-refractivity contribution in [3.05, 3.63) is 46.8 Å². The second kappa shape index (κ2) is 5.37. The summed E-state index contributed by atoms with van der Waals surface area (Å²) < 4.78 is 27.9.